The molecule has 1 aliphatic rings. The second kappa shape index (κ2) is 6.89. The van der Waals surface area contributed by atoms with Crippen molar-refractivity contribution in [2.45, 2.75) is 13.0 Å². The fourth-order valence-corrected chi connectivity index (χ4v) is 2.26. The van der Waals surface area contributed by atoms with E-state index in [0.29, 0.717) is 37.9 Å². The number of morpholine rings is 1. The normalized spacial score (nSPS) is 17.3. The molecule has 19 heavy (non-hydrogen) atoms. The lowest BCUT2D eigenvalue weighted by atomic mass is 10.1. The van der Waals surface area contributed by atoms with Crippen molar-refractivity contribution in [2.75, 3.05) is 32.8 Å². The third kappa shape index (κ3) is 4.20. The molecule has 1 amide bonds. The number of hydrogen-bond acceptors (Lipinski definition) is 3. The van der Waals surface area contributed by atoms with Gasteiger partial charge in [-0.3, -0.25) is 4.79 Å². The molecule has 0 spiro atoms. The maximum absolute atomic E-state index is 12.0. The molecule has 1 aromatic rings. The molecule has 1 atom stereocenters. The summed E-state index contributed by atoms with van der Waals surface area (Å²) in [5, 5.41) is 3.95. The first-order valence-corrected chi connectivity index (χ1v) is 6.89. The minimum Gasteiger partial charge on any atom is -0.378 e. The number of nitrogens with zero attached hydrogens (tertiary/aromatic N) is 1. The maximum Gasteiger partial charge on any atom is 0.236 e. The van der Waals surface area contributed by atoms with Crippen LogP contribution in [0.5, 0.6) is 0 Å². The van der Waals surface area contributed by atoms with Gasteiger partial charge in [0, 0.05) is 24.2 Å². The summed E-state index contributed by atoms with van der Waals surface area (Å²) in [6, 6.07) is 7.78. The van der Waals surface area contributed by atoms with Crippen molar-refractivity contribution in [3.8, 4) is 0 Å². The molecule has 1 aliphatic heterocycles. The van der Waals surface area contributed by atoms with Crippen LogP contribution in [-0.2, 0) is 9.53 Å². The van der Waals surface area contributed by atoms with Crippen molar-refractivity contribution in [2.24, 2.45) is 0 Å². The van der Waals surface area contributed by atoms with Gasteiger partial charge in [-0.15, -0.1) is 0 Å². The number of nitrogens with one attached hydrogen (secondary N) is 1. The van der Waals surface area contributed by atoms with Crippen LogP contribution in [0.25, 0.3) is 0 Å². The van der Waals surface area contributed by atoms with Crippen molar-refractivity contribution in [1.29, 1.82) is 0 Å². The number of hydrogen-bond donors (Lipinski definition) is 1. The molecule has 2 rings (SSSR count). The van der Waals surface area contributed by atoms with Crippen LogP contribution in [0.15, 0.2) is 24.3 Å². The number of carbonyl (C=O) groups is 1. The van der Waals surface area contributed by atoms with E-state index in [1.54, 1.807) is 0 Å². The quantitative estimate of drug-likeness (QED) is 0.916. The number of benzene rings is 1. The van der Waals surface area contributed by atoms with Gasteiger partial charge in [-0.05, 0) is 24.6 Å². The Hall–Kier alpha value is -1.10. The van der Waals surface area contributed by atoms with Gasteiger partial charge in [0.2, 0.25) is 5.91 Å². The first-order chi connectivity index (χ1) is 9.16. The van der Waals surface area contributed by atoms with Crippen LogP contribution in [0.3, 0.4) is 0 Å². The van der Waals surface area contributed by atoms with Crippen molar-refractivity contribution < 1.29 is 9.53 Å². The topological polar surface area (TPSA) is 41.6 Å². The fraction of sp³-hybridized carbons (Fsp3) is 0.500. The summed E-state index contributed by atoms with van der Waals surface area (Å²) >= 11 is 5.96. The van der Waals surface area contributed by atoms with Crippen molar-refractivity contribution in [3.05, 3.63) is 34.9 Å². The van der Waals surface area contributed by atoms with E-state index in [-0.39, 0.29) is 11.9 Å². The third-order valence-electron chi connectivity index (χ3n) is 3.27. The lowest BCUT2D eigenvalue weighted by Gasteiger charge is -2.27. The average Bonchev–Trinajstić information content (AvgIpc) is 2.45. The highest BCUT2D eigenvalue weighted by Gasteiger charge is 2.17. The molecule has 0 saturated carbocycles. The molecule has 0 aromatic heterocycles. The number of ether oxygens (including phenoxy) is 1. The van der Waals surface area contributed by atoms with Crippen LogP contribution in [0.4, 0.5) is 0 Å². The van der Waals surface area contributed by atoms with Crippen LogP contribution in [0.1, 0.15) is 18.5 Å². The minimum atomic E-state index is 0.101. The lowest BCUT2D eigenvalue weighted by Crippen LogP contribution is -2.45. The van der Waals surface area contributed by atoms with Gasteiger partial charge < -0.3 is 15.0 Å². The maximum atomic E-state index is 12.0. The first kappa shape index (κ1) is 14.3. The lowest BCUT2D eigenvalue weighted by molar-refractivity contribution is -0.134. The highest BCUT2D eigenvalue weighted by atomic mass is 35.5. The van der Waals surface area contributed by atoms with E-state index in [9.17, 15) is 4.79 Å². The average molecular weight is 283 g/mol. The Morgan fingerprint density at radius 1 is 1.47 bits per heavy atom. The van der Waals surface area contributed by atoms with Crippen molar-refractivity contribution in [3.63, 3.8) is 0 Å². The number of rotatable bonds is 4. The van der Waals surface area contributed by atoms with Crippen LogP contribution in [-0.4, -0.2) is 43.7 Å². The predicted octanol–water partition coefficient (Wildman–Crippen LogP) is 1.85. The predicted molar refractivity (Wildman–Crippen MR) is 75.3 cm³/mol. The monoisotopic (exact) mass is 282 g/mol. The Balaban J connectivity index is 1.82. The molecule has 0 radical (unpaired) electrons. The van der Waals surface area contributed by atoms with Crippen LogP contribution >= 0.6 is 11.6 Å². The van der Waals surface area contributed by atoms with Gasteiger partial charge in [-0.25, -0.2) is 0 Å². The molecule has 1 unspecified atom stereocenters. The van der Waals surface area contributed by atoms with E-state index in [0.717, 1.165) is 5.56 Å². The van der Waals surface area contributed by atoms with Crippen LogP contribution in [0.2, 0.25) is 5.02 Å². The summed E-state index contributed by atoms with van der Waals surface area (Å²) in [7, 11) is 0. The van der Waals surface area contributed by atoms with Gasteiger partial charge in [0.15, 0.2) is 0 Å². The van der Waals surface area contributed by atoms with E-state index in [1.165, 1.54) is 0 Å². The van der Waals surface area contributed by atoms with Gasteiger partial charge in [-0.1, -0.05) is 23.7 Å². The largest absolute Gasteiger partial charge is 0.378 e. The molecule has 1 fully saturated rings. The second-order valence-corrected chi connectivity index (χ2v) is 5.09. The third-order valence-corrected chi connectivity index (χ3v) is 3.51. The zero-order valence-electron chi connectivity index (χ0n) is 11.1. The minimum absolute atomic E-state index is 0.101. The fourth-order valence-electron chi connectivity index (χ4n) is 2.06. The van der Waals surface area contributed by atoms with Gasteiger partial charge in [0.1, 0.15) is 0 Å². The van der Waals surface area contributed by atoms with Crippen LogP contribution < -0.4 is 5.32 Å². The molecule has 1 aromatic carbocycles. The summed E-state index contributed by atoms with van der Waals surface area (Å²) < 4.78 is 5.23. The zero-order chi connectivity index (χ0) is 13.7. The van der Waals surface area contributed by atoms with Crippen molar-refractivity contribution in [1.82, 2.24) is 10.2 Å². The number of amides is 1. The summed E-state index contributed by atoms with van der Waals surface area (Å²) in [6.07, 6.45) is 0. The molecule has 1 saturated heterocycles. The highest BCUT2D eigenvalue weighted by Crippen LogP contribution is 2.17. The smallest absolute Gasteiger partial charge is 0.236 e. The van der Waals surface area contributed by atoms with Gasteiger partial charge >= 0.3 is 0 Å². The molecule has 0 bridgehead atoms. The van der Waals surface area contributed by atoms with Gasteiger partial charge in [-0.2, -0.15) is 0 Å². The summed E-state index contributed by atoms with van der Waals surface area (Å²) in [4.78, 5) is 13.8. The van der Waals surface area contributed by atoms with Gasteiger partial charge in [0.25, 0.3) is 0 Å². The van der Waals surface area contributed by atoms with E-state index < -0.39 is 0 Å². The Morgan fingerprint density at radius 2 is 2.21 bits per heavy atom. The van der Waals surface area contributed by atoms with E-state index in [4.69, 9.17) is 16.3 Å². The molecule has 1 N–H and O–H groups in total. The SMILES string of the molecule is CC(NCC(=O)N1CCOCC1)c1cccc(Cl)c1. The molecule has 0 aliphatic carbocycles. The summed E-state index contributed by atoms with van der Waals surface area (Å²) in [6.45, 7) is 5.01. The first-order valence-electron chi connectivity index (χ1n) is 6.51. The molecular formula is C14H19ClN2O2. The number of carbonyl (C=O) groups excluding carboxylic acids is 1. The van der Waals surface area contributed by atoms with E-state index >= 15 is 0 Å². The number of halogens is 1. The van der Waals surface area contributed by atoms with E-state index in [1.807, 2.05) is 36.1 Å². The van der Waals surface area contributed by atoms with Crippen LogP contribution in [0, 0.1) is 0 Å². The Labute approximate surface area is 118 Å². The standard InChI is InChI=1S/C14H19ClN2O2/c1-11(12-3-2-4-13(15)9-12)16-10-14(18)17-5-7-19-8-6-17/h2-4,9,11,16H,5-8,10H2,1H3. The summed E-state index contributed by atoms with van der Waals surface area (Å²) in [5.41, 5.74) is 1.09. The molecule has 1 heterocycles. The Bertz CT molecular complexity index is 433. The molecule has 4 nitrogen and oxygen atoms in total. The Kier molecular flexibility index (Phi) is 5.19. The Morgan fingerprint density at radius 3 is 2.89 bits per heavy atom. The second-order valence-electron chi connectivity index (χ2n) is 4.65. The van der Waals surface area contributed by atoms with E-state index in [2.05, 4.69) is 5.32 Å². The molecule has 5 heteroatoms. The van der Waals surface area contributed by atoms with Crippen molar-refractivity contribution >= 4 is 17.5 Å². The zero-order valence-corrected chi connectivity index (χ0v) is 11.8. The highest BCUT2D eigenvalue weighted by molar-refractivity contribution is 6.30. The molecule has 104 valence electrons. The van der Waals surface area contributed by atoms with Gasteiger partial charge in [0.05, 0.1) is 19.8 Å². The summed E-state index contributed by atoms with van der Waals surface area (Å²) in [5.74, 6) is 0.122. The molecular weight excluding hydrogens is 264 g/mol.